The van der Waals surface area contributed by atoms with Gasteiger partial charge in [-0.1, -0.05) is 17.7 Å². The number of likely N-dealkylation sites (N-methyl/N-ethyl adjacent to an activating group) is 1. The summed E-state index contributed by atoms with van der Waals surface area (Å²) >= 11 is 6.19. The summed E-state index contributed by atoms with van der Waals surface area (Å²) in [4.78, 5) is 14.6. The van der Waals surface area contributed by atoms with Gasteiger partial charge in [0.1, 0.15) is 5.82 Å². The molecule has 0 bridgehead atoms. The second-order valence-corrected chi connectivity index (χ2v) is 10.8. The highest BCUT2D eigenvalue weighted by Crippen LogP contribution is 2.28. The van der Waals surface area contributed by atoms with Crippen LogP contribution in [0.25, 0.3) is 0 Å². The first-order valence-corrected chi connectivity index (χ1v) is 12.5. The van der Waals surface area contributed by atoms with Crippen LogP contribution in [0.1, 0.15) is 35.8 Å². The molecule has 7 nitrogen and oxygen atoms in total. The molecule has 180 valence electrons. The van der Waals surface area contributed by atoms with Gasteiger partial charge in [-0.25, -0.2) is 12.8 Å². The molecule has 3 rings (SSSR count). The minimum Gasteiger partial charge on any atom is -0.373 e. The predicted octanol–water partition coefficient (Wildman–Crippen LogP) is 3.31. The highest BCUT2D eigenvalue weighted by molar-refractivity contribution is 7.89. The third-order valence-corrected chi connectivity index (χ3v) is 7.73. The van der Waals surface area contributed by atoms with Crippen molar-refractivity contribution in [1.82, 2.24) is 14.5 Å². The number of hydrogen-bond donors (Lipinski definition) is 1. The van der Waals surface area contributed by atoms with E-state index in [0.29, 0.717) is 11.1 Å². The van der Waals surface area contributed by atoms with Crippen molar-refractivity contribution in [2.75, 3.05) is 33.7 Å². The normalized spacial score (nSPS) is 20.6. The number of ether oxygens (including phenoxy) is 1. The maximum Gasteiger partial charge on any atom is 0.251 e. The SMILES string of the molecule is C[C@@H]1CN(S(=O)(=O)c2ccc(C(=O)NC[C@@H](c3c(F)cccc3Cl)N(C)C)cc2)C[C@@H](C)O1. The first-order chi connectivity index (χ1) is 15.5. The summed E-state index contributed by atoms with van der Waals surface area (Å²) in [6.45, 7) is 4.34. The lowest BCUT2D eigenvalue weighted by molar-refractivity contribution is -0.0440. The van der Waals surface area contributed by atoms with E-state index in [1.165, 1.54) is 40.7 Å². The maximum absolute atomic E-state index is 14.4. The Bertz CT molecular complexity index is 1070. The van der Waals surface area contributed by atoms with Gasteiger partial charge in [-0.15, -0.1) is 0 Å². The molecule has 1 heterocycles. The molecule has 2 aromatic carbocycles. The molecule has 2 aromatic rings. The molecule has 0 unspecified atom stereocenters. The van der Waals surface area contributed by atoms with Gasteiger partial charge in [0.2, 0.25) is 10.0 Å². The number of carbonyl (C=O) groups excluding carboxylic acids is 1. The van der Waals surface area contributed by atoms with Crippen LogP contribution in [-0.4, -0.2) is 69.5 Å². The maximum atomic E-state index is 14.4. The van der Waals surface area contributed by atoms with Crippen LogP contribution in [0.2, 0.25) is 5.02 Å². The Hall–Kier alpha value is -2.04. The zero-order valence-corrected chi connectivity index (χ0v) is 20.7. The molecule has 3 atom stereocenters. The van der Waals surface area contributed by atoms with Crippen LogP contribution in [0.5, 0.6) is 0 Å². The van der Waals surface area contributed by atoms with Crippen molar-refractivity contribution in [2.45, 2.75) is 37.0 Å². The molecular formula is C23H29ClFN3O4S. The molecule has 33 heavy (non-hydrogen) atoms. The summed E-state index contributed by atoms with van der Waals surface area (Å²) in [5, 5.41) is 3.07. The van der Waals surface area contributed by atoms with Crippen molar-refractivity contribution in [3.8, 4) is 0 Å². The van der Waals surface area contributed by atoms with Crippen molar-refractivity contribution in [1.29, 1.82) is 0 Å². The van der Waals surface area contributed by atoms with E-state index in [-0.39, 0.29) is 41.8 Å². The summed E-state index contributed by atoms with van der Waals surface area (Å²) < 4.78 is 47.4. The van der Waals surface area contributed by atoms with Gasteiger partial charge in [-0.2, -0.15) is 4.31 Å². The summed E-state index contributed by atoms with van der Waals surface area (Å²) in [6, 6.07) is 9.76. The smallest absolute Gasteiger partial charge is 0.251 e. The fourth-order valence-electron chi connectivity index (χ4n) is 3.92. The van der Waals surface area contributed by atoms with Crippen molar-refractivity contribution in [3.63, 3.8) is 0 Å². The average Bonchev–Trinajstić information content (AvgIpc) is 2.74. The summed E-state index contributed by atoms with van der Waals surface area (Å²) in [6.07, 6.45) is -0.387. The molecule has 1 aliphatic rings. The molecule has 1 aliphatic heterocycles. The van der Waals surface area contributed by atoms with E-state index >= 15 is 0 Å². The second kappa shape index (κ2) is 10.5. The number of nitrogens with one attached hydrogen (secondary N) is 1. The van der Waals surface area contributed by atoms with Crippen LogP contribution in [0.15, 0.2) is 47.4 Å². The van der Waals surface area contributed by atoms with Gasteiger partial charge in [0, 0.05) is 35.8 Å². The number of hydrogen-bond acceptors (Lipinski definition) is 5. The van der Waals surface area contributed by atoms with Gasteiger partial charge in [0.15, 0.2) is 0 Å². The van der Waals surface area contributed by atoms with Crippen LogP contribution < -0.4 is 5.32 Å². The minimum atomic E-state index is -3.69. The van der Waals surface area contributed by atoms with E-state index in [1.54, 1.807) is 25.1 Å². The lowest BCUT2D eigenvalue weighted by Gasteiger charge is -2.34. The molecule has 10 heteroatoms. The van der Waals surface area contributed by atoms with E-state index in [9.17, 15) is 17.6 Å². The van der Waals surface area contributed by atoms with E-state index in [4.69, 9.17) is 16.3 Å². The fourth-order valence-corrected chi connectivity index (χ4v) is 5.80. The third-order valence-electron chi connectivity index (χ3n) is 5.55. The topological polar surface area (TPSA) is 79.0 Å². The number of amides is 1. The van der Waals surface area contributed by atoms with E-state index in [2.05, 4.69) is 5.32 Å². The Morgan fingerprint density at radius 2 is 1.79 bits per heavy atom. The molecular weight excluding hydrogens is 469 g/mol. The largest absolute Gasteiger partial charge is 0.373 e. The molecule has 0 radical (unpaired) electrons. The van der Waals surface area contributed by atoms with E-state index in [1.807, 2.05) is 13.8 Å². The van der Waals surface area contributed by atoms with Gasteiger partial charge in [-0.05, 0) is 64.3 Å². The lowest BCUT2D eigenvalue weighted by Crippen LogP contribution is -2.48. The van der Waals surface area contributed by atoms with Crippen molar-refractivity contribution in [2.24, 2.45) is 0 Å². The second-order valence-electron chi connectivity index (χ2n) is 8.43. The molecule has 1 fully saturated rings. The highest BCUT2D eigenvalue weighted by Gasteiger charge is 2.32. The van der Waals surface area contributed by atoms with Crippen LogP contribution in [0.4, 0.5) is 4.39 Å². The Morgan fingerprint density at radius 1 is 1.18 bits per heavy atom. The molecule has 0 saturated carbocycles. The van der Waals surface area contributed by atoms with Crippen LogP contribution in [0, 0.1) is 5.82 Å². The van der Waals surface area contributed by atoms with Crippen LogP contribution >= 0.6 is 11.6 Å². The summed E-state index contributed by atoms with van der Waals surface area (Å²) in [5.41, 5.74) is 0.606. The number of morpholine rings is 1. The van der Waals surface area contributed by atoms with Crippen LogP contribution in [0.3, 0.4) is 0 Å². The zero-order valence-electron chi connectivity index (χ0n) is 19.1. The molecule has 1 amide bonds. The van der Waals surface area contributed by atoms with Gasteiger partial charge >= 0.3 is 0 Å². The fraction of sp³-hybridized carbons (Fsp3) is 0.435. The number of halogens is 2. The van der Waals surface area contributed by atoms with E-state index < -0.39 is 27.8 Å². The summed E-state index contributed by atoms with van der Waals surface area (Å²) in [7, 11) is -0.153. The molecule has 0 aliphatic carbocycles. The highest BCUT2D eigenvalue weighted by atomic mass is 35.5. The Kier molecular flexibility index (Phi) is 8.13. The lowest BCUT2D eigenvalue weighted by atomic mass is 10.0. The van der Waals surface area contributed by atoms with E-state index in [0.717, 1.165) is 0 Å². The van der Waals surface area contributed by atoms with Gasteiger partial charge in [-0.3, -0.25) is 4.79 Å². The Morgan fingerprint density at radius 3 is 2.33 bits per heavy atom. The molecule has 0 spiro atoms. The van der Waals surface area contributed by atoms with Crippen LogP contribution in [-0.2, 0) is 14.8 Å². The number of sulfonamides is 1. The number of rotatable bonds is 7. The van der Waals surface area contributed by atoms with Gasteiger partial charge in [0.25, 0.3) is 5.91 Å². The monoisotopic (exact) mass is 497 g/mol. The van der Waals surface area contributed by atoms with Crippen molar-refractivity contribution < 1.29 is 22.3 Å². The standard InChI is InChI=1S/C23H29ClFN3O4S/c1-15-13-28(14-16(2)32-15)33(30,31)18-10-8-17(9-11-18)23(29)26-12-21(27(3)4)22-19(24)6-5-7-20(22)25/h5-11,15-16,21H,12-14H2,1-4H3,(H,26,29)/t15-,16-,21+/m1/s1. The Balaban J connectivity index is 1.71. The van der Waals surface area contributed by atoms with Crippen molar-refractivity contribution >= 4 is 27.5 Å². The third kappa shape index (κ3) is 5.91. The molecule has 0 aromatic heterocycles. The molecule has 1 N–H and O–H groups in total. The first-order valence-electron chi connectivity index (χ1n) is 10.6. The minimum absolute atomic E-state index is 0.115. The summed E-state index contributed by atoms with van der Waals surface area (Å²) in [5.74, 6) is -0.844. The van der Waals surface area contributed by atoms with Gasteiger partial charge < -0.3 is 15.0 Å². The predicted molar refractivity (Wildman–Crippen MR) is 125 cm³/mol. The Labute approximate surface area is 199 Å². The number of benzene rings is 2. The average molecular weight is 498 g/mol. The number of carbonyl (C=O) groups is 1. The zero-order chi connectivity index (χ0) is 24.3. The number of nitrogens with zero attached hydrogens (tertiary/aromatic N) is 2. The van der Waals surface area contributed by atoms with Crippen molar-refractivity contribution in [3.05, 3.63) is 64.4 Å². The first kappa shape index (κ1) is 25.6. The van der Waals surface area contributed by atoms with Gasteiger partial charge in [0.05, 0.1) is 23.1 Å². The quantitative estimate of drug-likeness (QED) is 0.635. The molecule has 1 saturated heterocycles.